The van der Waals surface area contributed by atoms with E-state index in [1.54, 1.807) is 30.3 Å². The summed E-state index contributed by atoms with van der Waals surface area (Å²) < 4.78 is 27.2. The molecule has 0 atom stereocenters. The largest absolute Gasteiger partial charge is 0.398 e. The first-order valence-electron chi connectivity index (χ1n) is 6.90. The number of hydrogen-bond acceptors (Lipinski definition) is 3. The van der Waals surface area contributed by atoms with E-state index >= 15 is 0 Å². The highest BCUT2D eigenvalue weighted by molar-refractivity contribution is 7.92. The molecule has 0 aliphatic heterocycles. The van der Waals surface area contributed by atoms with E-state index in [0.29, 0.717) is 11.4 Å². The van der Waals surface area contributed by atoms with E-state index in [4.69, 9.17) is 5.73 Å². The third-order valence-electron chi connectivity index (χ3n) is 3.30. The van der Waals surface area contributed by atoms with E-state index < -0.39 is 10.0 Å². The predicted octanol–water partition coefficient (Wildman–Crippen LogP) is 3.33. The molecule has 0 fully saturated rings. The maximum absolute atomic E-state index is 12.3. The predicted molar refractivity (Wildman–Crippen MR) is 86.8 cm³/mol. The van der Waals surface area contributed by atoms with Gasteiger partial charge in [-0.05, 0) is 48.7 Å². The van der Waals surface area contributed by atoms with Crippen molar-refractivity contribution >= 4 is 21.4 Å². The Morgan fingerprint density at radius 3 is 2.33 bits per heavy atom. The third-order valence-corrected chi connectivity index (χ3v) is 4.70. The van der Waals surface area contributed by atoms with Gasteiger partial charge in [0, 0.05) is 5.69 Å². The lowest BCUT2D eigenvalue weighted by Crippen LogP contribution is -2.13. The standard InChI is InChI=1S/C16H20N2O2S/c1-3-4-13-6-9-15(10-7-13)21(19,20)18-14-8-5-12(2)16(17)11-14/h5-11,18H,3-4,17H2,1-2H3. The molecule has 0 aromatic heterocycles. The molecular weight excluding hydrogens is 284 g/mol. The van der Waals surface area contributed by atoms with E-state index in [-0.39, 0.29) is 4.90 Å². The van der Waals surface area contributed by atoms with E-state index in [9.17, 15) is 8.42 Å². The first-order chi connectivity index (χ1) is 9.92. The Kier molecular flexibility index (Phi) is 4.53. The van der Waals surface area contributed by atoms with Gasteiger partial charge in [0.25, 0.3) is 10.0 Å². The molecule has 0 heterocycles. The Bertz CT molecular complexity index is 722. The van der Waals surface area contributed by atoms with E-state index in [1.165, 1.54) is 0 Å². The number of nitrogens with one attached hydrogen (secondary N) is 1. The number of hydrogen-bond donors (Lipinski definition) is 2. The SMILES string of the molecule is CCCc1ccc(S(=O)(=O)Nc2ccc(C)c(N)c2)cc1. The molecule has 0 aliphatic rings. The van der Waals surface area contributed by atoms with Gasteiger partial charge >= 0.3 is 0 Å². The van der Waals surface area contributed by atoms with Crippen LogP contribution in [0.4, 0.5) is 11.4 Å². The molecule has 0 radical (unpaired) electrons. The molecule has 2 aromatic carbocycles. The van der Waals surface area contributed by atoms with Crippen molar-refractivity contribution in [1.82, 2.24) is 0 Å². The van der Waals surface area contributed by atoms with Gasteiger partial charge in [-0.25, -0.2) is 8.42 Å². The number of nitrogen functional groups attached to an aromatic ring is 1. The van der Waals surface area contributed by atoms with Gasteiger partial charge < -0.3 is 5.73 Å². The monoisotopic (exact) mass is 304 g/mol. The van der Waals surface area contributed by atoms with E-state index in [1.807, 2.05) is 19.1 Å². The van der Waals surface area contributed by atoms with Gasteiger partial charge in [0.1, 0.15) is 0 Å². The number of sulfonamides is 1. The van der Waals surface area contributed by atoms with Crippen LogP contribution in [0.3, 0.4) is 0 Å². The van der Waals surface area contributed by atoms with Gasteiger partial charge in [-0.15, -0.1) is 0 Å². The van der Waals surface area contributed by atoms with Crippen molar-refractivity contribution in [2.24, 2.45) is 0 Å². The highest BCUT2D eigenvalue weighted by atomic mass is 32.2. The Morgan fingerprint density at radius 1 is 1.10 bits per heavy atom. The zero-order valence-corrected chi connectivity index (χ0v) is 13.1. The second-order valence-electron chi connectivity index (χ2n) is 5.07. The number of benzene rings is 2. The van der Waals surface area contributed by atoms with Gasteiger partial charge in [0.2, 0.25) is 0 Å². The molecule has 0 unspecified atom stereocenters. The third kappa shape index (κ3) is 3.76. The molecule has 0 bridgehead atoms. The molecule has 0 aliphatic carbocycles. The zero-order chi connectivity index (χ0) is 15.5. The van der Waals surface area contributed by atoms with Crippen LogP contribution in [0.1, 0.15) is 24.5 Å². The quantitative estimate of drug-likeness (QED) is 0.832. The van der Waals surface area contributed by atoms with Crippen LogP contribution in [-0.4, -0.2) is 8.42 Å². The minimum absolute atomic E-state index is 0.251. The normalized spacial score (nSPS) is 11.3. The lowest BCUT2D eigenvalue weighted by atomic mass is 10.1. The first kappa shape index (κ1) is 15.4. The Morgan fingerprint density at radius 2 is 1.76 bits per heavy atom. The summed E-state index contributed by atoms with van der Waals surface area (Å²) in [6.45, 7) is 3.97. The van der Waals surface area contributed by atoms with E-state index in [2.05, 4.69) is 11.6 Å². The van der Waals surface area contributed by atoms with Gasteiger partial charge in [-0.3, -0.25) is 4.72 Å². The van der Waals surface area contributed by atoms with Gasteiger partial charge in [0.15, 0.2) is 0 Å². The summed E-state index contributed by atoms with van der Waals surface area (Å²) in [5, 5.41) is 0. The summed E-state index contributed by atoms with van der Waals surface area (Å²) in [6.07, 6.45) is 1.98. The Labute approximate surface area is 126 Å². The van der Waals surface area contributed by atoms with Crippen LogP contribution in [0.5, 0.6) is 0 Å². The van der Waals surface area contributed by atoms with Crippen molar-refractivity contribution in [3.05, 3.63) is 53.6 Å². The van der Waals surface area contributed by atoms with Crippen molar-refractivity contribution in [3.63, 3.8) is 0 Å². The second kappa shape index (κ2) is 6.18. The average Bonchev–Trinajstić information content (AvgIpc) is 2.44. The van der Waals surface area contributed by atoms with Crippen molar-refractivity contribution in [2.75, 3.05) is 10.5 Å². The molecule has 2 rings (SSSR count). The maximum Gasteiger partial charge on any atom is 0.261 e. The van der Waals surface area contributed by atoms with Crippen LogP contribution in [0, 0.1) is 6.92 Å². The van der Waals surface area contributed by atoms with Gasteiger partial charge in [0.05, 0.1) is 10.6 Å². The average molecular weight is 304 g/mol. The molecule has 0 saturated heterocycles. The molecule has 21 heavy (non-hydrogen) atoms. The van der Waals surface area contributed by atoms with Crippen LogP contribution < -0.4 is 10.5 Å². The van der Waals surface area contributed by atoms with Gasteiger partial charge in [-0.1, -0.05) is 31.5 Å². The Hall–Kier alpha value is -2.01. The lowest BCUT2D eigenvalue weighted by Gasteiger charge is -2.10. The summed E-state index contributed by atoms with van der Waals surface area (Å²) in [5.74, 6) is 0. The fraction of sp³-hybridized carbons (Fsp3) is 0.250. The molecule has 2 aromatic rings. The minimum atomic E-state index is -3.58. The smallest absolute Gasteiger partial charge is 0.261 e. The topological polar surface area (TPSA) is 72.2 Å². The zero-order valence-electron chi connectivity index (χ0n) is 12.3. The number of rotatable bonds is 5. The highest BCUT2D eigenvalue weighted by Crippen LogP contribution is 2.21. The van der Waals surface area contributed by atoms with Crippen molar-refractivity contribution < 1.29 is 8.42 Å². The fourth-order valence-corrected chi connectivity index (χ4v) is 3.09. The second-order valence-corrected chi connectivity index (χ2v) is 6.75. The fourth-order valence-electron chi connectivity index (χ4n) is 2.04. The Balaban J connectivity index is 2.23. The van der Waals surface area contributed by atoms with Gasteiger partial charge in [-0.2, -0.15) is 0 Å². The summed E-state index contributed by atoms with van der Waals surface area (Å²) in [6, 6.07) is 12.1. The molecule has 0 saturated carbocycles. The van der Waals surface area contributed by atoms with Crippen LogP contribution in [0.2, 0.25) is 0 Å². The molecule has 3 N–H and O–H groups in total. The highest BCUT2D eigenvalue weighted by Gasteiger charge is 2.14. The molecule has 112 valence electrons. The van der Waals surface area contributed by atoms with Crippen molar-refractivity contribution in [1.29, 1.82) is 0 Å². The number of nitrogens with two attached hydrogens (primary N) is 1. The summed E-state index contributed by atoms with van der Waals surface area (Å²) in [5.41, 5.74) is 8.88. The number of aryl methyl sites for hydroxylation is 2. The summed E-state index contributed by atoms with van der Waals surface area (Å²) in [4.78, 5) is 0.251. The van der Waals surface area contributed by atoms with Crippen LogP contribution in [-0.2, 0) is 16.4 Å². The molecule has 4 nitrogen and oxygen atoms in total. The summed E-state index contributed by atoms with van der Waals surface area (Å²) in [7, 11) is -3.58. The van der Waals surface area contributed by atoms with Crippen LogP contribution in [0.15, 0.2) is 47.4 Å². The van der Waals surface area contributed by atoms with Crippen molar-refractivity contribution in [2.45, 2.75) is 31.6 Å². The van der Waals surface area contributed by atoms with Crippen LogP contribution >= 0.6 is 0 Å². The summed E-state index contributed by atoms with van der Waals surface area (Å²) >= 11 is 0. The molecule has 5 heteroatoms. The molecular formula is C16H20N2O2S. The van der Waals surface area contributed by atoms with Crippen LogP contribution in [0.25, 0.3) is 0 Å². The molecule has 0 amide bonds. The first-order valence-corrected chi connectivity index (χ1v) is 8.38. The van der Waals surface area contributed by atoms with E-state index in [0.717, 1.165) is 24.0 Å². The lowest BCUT2D eigenvalue weighted by molar-refractivity contribution is 0.601. The maximum atomic E-state index is 12.3. The minimum Gasteiger partial charge on any atom is -0.398 e. The number of anilines is 2. The van der Waals surface area contributed by atoms with Crippen molar-refractivity contribution in [3.8, 4) is 0 Å². The molecule has 0 spiro atoms.